The van der Waals surface area contributed by atoms with Gasteiger partial charge >= 0.3 is 5.97 Å². The van der Waals surface area contributed by atoms with Crippen LogP contribution < -0.4 is 0 Å². The Labute approximate surface area is 98.8 Å². The summed E-state index contributed by atoms with van der Waals surface area (Å²) in [6.07, 6.45) is 3.33. The van der Waals surface area contributed by atoms with Crippen LogP contribution in [0.4, 0.5) is 0 Å². The highest BCUT2D eigenvalue weighted by atomic mass is 16.4. The van der Waals surface area contributed by atoms with Crippen molar-refractivity contribution < 1.29 is 14.7 Å². The Hall–Kier alpha value is -1.85. The molecular weight excluding hydrogens is 222 g/mol. The number of aromatic nitrogens is 2. The van der Waals surface area contributed by atoms with Gasteiger partial charge in [0.15, 0.2) is 0 Å². The van der Waals surface area contributed by atoms with Gasteiger partial charge in [-0.25, -0.2) is 0 Å². The number of carboxylic acid groups (broad SMARTS) is 1. The van der Waals surface area contributed by atoms with E-state index in [0.29, 0.717) is 13.1 Å². The first kappa shape index (κ1) is 11.6. The van der Waals surface area contributed by atoms with Crippen LogP contribution in [0.5, 0.6) is 0 Å². The third kappa shape index (κ3) is 2.46. The molecule has 1 aliphatic heterocycles. The van der Waals surface area contributed by atoms with Crippen LogP contribution in [0.1, 0.15) is 6.92 Å². The van der Waals surface area contributed by atoms with Crippen LogP contribution in [0.25, 0.3) is 0 Å². The molecule has 1 aromatic heterocycles. The Kier molecular flexibility index (Phi) is 3.12. The zero-order chi connectivity index (χ0) is 12.4. The highest BCUT2D eigenvalue weighted by Crippen LogP contribution is 2.23. The monoisotopic (exact) mass is 237 g/mol. The summed E-state index contributed by atoms with van der Waals surface area (Å²) in [5.41, 5.74) is 0. The third-order valence-electron chi connectivity index (χ3n) is 3.14. The molecule has 1 amide bonds. The normalized spacial score (nSPS) is 23.9. The molecule has 1 aliphatic rings. The number of carbonyl (C=O) groups is 2. The van der Waals surface area contributed by atoms with Crippen molar-refractivity contribution in [2.24, 2.45) is 11.8 Å². The zero-order valence-electron chi connectivity index (χ0n) is 9.61. The van der Waals surface area contributed by atoms with Crippen molar-refractivity contribution in [3.05, 3.63) is 18.5 Å². The summed E-state index contributed by atoms with van der Waals surface area (Å²) >= 11 is 0. The molecule has 1 aromatic rings. The van der Waals surface area contributed by atoms with Crippen molar-refractivity contribution in [2.45, 2.75) is 13.5 Å². The fraction of sp³-hybridized carbons (Fsp3) is 0.545. The Bertz CT molecular complexity index is 416. The number of hydrogen-bond donors (Lipinski definition) is 1. The smallest absolute Gasteiger partial charge is 0.308 e. The SMILES string of the molecule is CC1CN(C(=O)Cn2cccn2)CC1C(=O)O. The van der Waals surface area contributed by atoms with E-state index in [0.717, 1.165) is 0 Å². The quantitative estimate of drug-likeness (QED) is 0.806. The van der Waals surface area contributed by atoms with Crippen LogP contribution in [0.3, 0.4) is 0 Å². The standard InChI is InChI=1S/C11H15N3O3/c1-8-5-13(6-9(8)11(16)17)10(15)7-14-4-2-3-12-14/h2-4,8-9H,5-7H2,1H3,(H,16,17). The van der Waals surface area contributed by atoms with E-state index in [1.807, 2.05) is 6.92 Å². The molecule has 1 N–H and O–H groups in total. The van der Waals surface area contributed by atoms with E-state index in [-0.39, 0.29) is 18.4 Å². The lowest BCUT2D eigenvalue weighted by Crippen LogP contribution is -2.32. The Morgan fingerprint density at radius 3 is 2.76 bits per heavy atom. The summed E-state index contributed by atoms with van der Waals surface area (Å²) in [7, 11) is 0. The van der Waals surface area contributed by atoms with Crippen LogP contribution in [0.2, 0.25) is 0 Å². The van der Waals surface area contributed by atoms with E-state index in [9.17, 15) is 9.59 Å². The summed E-state index contributed by atoms with van der Waals surface area (Å²) in [5, 5.41) is 12.9. The minimum Gasteiger partial charge on any atom is -0.481 e. The van der Waals surface area contributed by atoms with E-state index >= 15 is 0 Å². The van der Waals surface area contributed by atoms with Gasteiger partial charge in [-0.05, 0) is 12.0 Å². The molecule has 0 aromatic carbocycles. The maximum Gasteiger partial charge on any atom is 0.308 e. The first-order chi connectivity index (χ1) is 8.08. The van der Waals surface area contributed by atoms with Crippen LogP contribution in [0.15, 0.2) is 18.5 Å². The number of rotatable bonds is 3. The molecule has 0 bridgehead atoms. The molecule has 6 nitrogen and oxygen atoms in total. The molecule has 0 radical (unpaired) electrons. The van der Waals surface area contributed by atoms with Crippen molar-refractivity contribution >= 4 is 11.9 Å². The summed E-state index contributed by atoms with van der Waals surface area (Å²) in [5.74, 6) is -1.35. The highest BCUT2D eigenvalue weighted by Gasteiger charge is 2.36. The van der Waals surface area contributed by atoms with Crippen LogP contribution in [0, 0.1) is 11.8 Å². The summed E-state index contributed by atoms with van der Waals surface area (Å²) in [4.78, 5) is 24.4. The fourth-order valence-electron chi connectivity index (χ4n) is 2.12. The van der Waals surface area contributed by atoms with E-state index in [4.69, 9.17) is 5.11 Å². The van der Waals surface area contributed by atoms with Gasteiger partial charge in [-0.1, -0.05) is 6.92 Å². The molecule has 92 valence electrons. The van der Waals surface area contributed by atoms with E-state index in [1.54, 1.807) is 28.0 Å². The van der Waals surface area contributed by atoms with Crippen LogP contribution in [-0.4, -0.2) is 44.8 Å². The topological polar surface area (TPSA) is 75.4 Å². The second kappa shape index (κ2) is 4.57. The van der Waals surface area contributed by atoms with E-state index < -0.39 is 11.9 Å². The molecule has 2 rings (SSSR count). The summed E-state index contributed by atoms with van der Waals surface area (Å²) in [6, 6.07) is 1.75. The number of likely N-dealkylation sites (tertiary alicyclic amines) is 1. The molecule has 6 heteroatoms. The van der Waals surface area contributed by atoms with Crippen molar-refractivity contribution in [3.8, 4) is 0 Å². The molecule has 2 heterocycles. The molecule has 2 unspecified atom stereocenters. The second-order valence-corrected chi connectivity index (χ2v) is 4.42. The van der Waals surface area contributed by atoms with Crippen LogP contribution >= 0.6 is 0 Å². The number of aliphatic carboxylic acids is 1. The maximum atomic E-state index is 11.9. The van der Waals surface area contributed by atoms with E-state index in [1.165, 1.54) is 0 Å². The van der Waals surface area contributed by atoms with Gasteiger partial charge in [0.25, 0.3) is 0 Å². The van der Waals surface area contributed by atoms with Crippen molar-refractivity contribution in [2.75, 3.05) is 13.1 Å². The predicted molar refractivity (Wildman–Crippen MR) is 59.1 cm³/mol. The lowest BCUT2D eigenvalue weighted by atomic mass is 9.99. The van der Waals surface area contributed by atoms with Crippen LogP contribution in [-0.2, 0) is 16.1 Å². The molecule has 1 fully saturated rings. The Morgan fingerprint density at radius 1 is 1.47 bits per heavy atom. The number of hydrogen-bond acceptors (Lipinski definition) is 3. The van der Waals surface area contributed by atoms with Gasteiger partial charge in [0.2, 0.25) is 5.91 Å². The third-order valence-corrected chi connectivity index (χ3v) is 3.14. The Balaban J connectivity index is 1.96. The summed E-state index contributed by atoms with van der Waals surface area (Å²) in [6.45, 7) is 2.85. The van der Waals surface area contributed by atoms with Gasteiger partial charge in [0, 0.05) is 25.5 Å². The van der Waals surface area contributed by atoms with Gasteiger partial charge < -0.3 is 10.0 Å². The minimum atomic E-state index is -0.827. The molecule has 0 spiro atoms. The number of amides is 1. The van der Waals surface area contributed by atoms with Crippen molar-refractivity contribution in [1.29, 1.82) is 0 Å². The first-order valence-corrected chi connectivity index (χ1v) is 5.56. The highest BCUT2D eigenvalue weighted by molar-refractivity contribution is 5.78. The number of carbonyl (C=O) groups excluding carboxylic acids is 1. The zero-order valence-corrected chi connectivity index (χ0v) is 9.61. The second-order valence-electron chi connectivity index (χ2n) is 4.42. The lowest BCUT2D eigenvalue weighted by molar-refractivity contribution is -0.142. The van der Waals surface area contributed by atoms with Gasteiger partial charge in [-0.15, -0.1) is 0 Å². The maximum absolute atomic E-state index is 11.9. The van der Waals surface area contributed by atoms with Gasteiger partial charge in [-0.2, -0.15) is 5.10 Å². The van der Waals surface area contributed by atoms with Crippen molar-refractivity contribution in [3.63, 3.8) is 0 Å². The van der Waals surface area contributed by atoms with E-state index in [2.05, 4.69) is 5.10 Å². The van der Waals surface area contributed by atoms with Gasteiger partial charge in [0.1, 0.15) is 6.54 Å². The molecule has 0 aliphatic carbocycles. The average molecular weight is 237 g/mol. The molecule has 2 atom stereocenters. The lowest BCUT2D eigenvalue weighted by Gasteiger charge is -2.15. The number of nitrogens with zero attached hydrogens (tertiary/aromatic N) is 3. The molecule has 1 saturated heterocycles. The molecular formula is C11H15N3O3. The van der Waals surface area contributed by atoms with Gasteiger partial charge in [-0.3, -0.25) is 14.3 Å². The minimum absolute atomic E-state index is 0.00840. The Morgan fingerprint density at radius 2 is 2.24 bits per heavy atom. The fourth-order valence-corrected chi connectivity index (χ4v) is 2.12. The first-order valence-electron chi connectivity index (χ1n) is 5.56. The molecule has 17 heavy (non-hydrogen) atoms. The largest absolute Gasteiger partial charge is 0.481 e. The van der Waals surface area contributed by atoms with Gasteiger partial charge in [0.05, 0.1) is 5.92 Å². The predicted octanol–water partition coefficient (Wildman–Crippen LogP) is 0.0622. The average Bonchev–Trinajstić information content (AvgIpc) is 2.86. The number of carboxylic acids is 1. The van der Waals surface area contributed by atoms with Crippen molar-refractivity contribution in [1.82, 2.24) is 14.7 Å². The summed E-state index contributed by atoms with van der Waals surface area (Å²) < 4.78 is 1.54. The molecule has 0 saturated carbocycles.